The fourth-order valence-electron chi connectivity index (χ4n) is 7.96. The second kappa shape index (κ2) is 9.91. The summed E-state index contributed by atoms with van der Waals surface area (Å²) in [6.07, 6.45) is 0.748. The molecular formula is C30H32Cl2N6O4S2. The molecule has 0 radical (unpaired) electrons. The van der Waals surface area contributed by atoms with Crippen LogP contribution in [0.4, 0.5) is 5.95 Å². The van der Waals surface area contributed by atoms with E-state index >= 15 is 0 Å². The van der Waals surface area contributed by atoms with E-state index in [2.05, 4.69) is 79.0 Å². The Morgan fingerprint density at radius 3 is 2.07 bits per heavy atom. The number of phenolic OH excluding ortho intramolecular Hbond substituents is 1. The van der Waals surface area contributed by atoms with Gasteiger partial charge in [0.05, 0.1) is 16.9 Å². The lowest BCUT2D eigenvalue weighted by Crippen LogP contribution is -2.42. The number of H-pyrrole nitrogens is 1. The molecule has 3 aromatic rings. The molecule has 14 heteroatoms. The maximum Gasteiger partial charge on any atom is 0.305 e. The summed E-state index contributed by atoms with van der Waals surface area (Å²) in [7, 11) is 0. The highest BCUT2D eigenvalue weighted by molar-refractivity contribution is 8.00. The number of hydrogen-bond donors (Lipinski definition) is 3. The maximum absolute atomic E-state index is 14.0. The van der Waals surface area contributed by atoms with Crippen molar-refractivity contribution in [1.29, 1.82) is 0 Å². The molecule has 2 aliphatic carbocycles. The Kier molecular flexibility index (Phi) is 6.76. The maximum atomic E-state index is 14.0. The van der Waals surface area contributed by atoms with Gasteiger partial charge in [-0.25, -0.2) is 0 Å². The number of nitrogens with one attached hydrogen (secondary N) is 2. The molecule has 7 unspecified atom stereocenters. The first-order valence-corrected chi connectivity index (χ1v) is 17.0. The molecule has 3 fully saturated rings. The number of thioether (sulfide) groups is 1. The van der Waals surface area contributed by atoms with Crippen LogP contribution in [0.3, 0.4) is 0 Å². The lowest BCUT2D eigenvalue weighted by molar-refractivity contribution is -0.139. The molecule has 4 heterocycles. The Labute approximate surface area is 272 Å². The van der Waals surface area contributed by atoms with Crippen LogP contribution in [0.15, 0.2) is 22.0 Å². The van der Waals surface area contributed by atoms with Crippen molar-refractivity contribution in [3.05, 3.63) is 53.9 Å². The minimum atomic E-state index is -0.518. The van der Waals surface area contributed by atoms with Crippen LogP contribution in [-0.2, 0) is 20.4 Å². The van der Waals surface area contributed by atoms with Crippen molar-refractivity contribution in [1.82, 2.24) is 24.9 Å². The van der Waals surface area contributed by atoms with Crippen LogP contribution in [0.1, 0.15) is 75.4 Å². The summed E-state index contributed by atoms with van der Waals surface area (Å²) in [6.45, 7) is 12.5. The number of aromatic amines is 1. The fourth-order valence-corrected chi connectivity index (χ4v) is 11.2. The minimum absolute atomic E-state index is 0.00754. The number of carbonyl (C=O) groups is 2. The number of halogens is 2. The van der Waals surface area contributed by atoms with E-state index in [4.69, 9.17) is 23.2 Å². The van der Waals surface area contributed by atoms with Crippen molar-refractivity contribution in [3.8, 4) is 5.75 Å². The number of anilines is 1. The van der Waals surface area contributed by atoms with Gasteiger partial charge in [-0.05, 0) is 74.9 Å². The zero-order valence-corrected chi connectivity index (χ0v) is 28.1. The van der Waals surface area contributed by atoms with Gasteiger partial charge in [-0.2, -0.15) is 20.0 Å². The highest BCUT2D eigenvalue weighted by Gasteiger charge is 2.70. The van der Waals surface area contributed by atoms with Crippen LogP contribution in [0.5, 0.6) is 5.75 Å². The van der Waals surface area contributed by atoms with E-state index in [0.717, 1.165) is 38.0 Å². The third-order valence-electron chi connectivity index (χ3n) is 9.62. The Morgan fingerprint density at radius 2 is 1.50 bits per heavy atom. The van der Waals surface area contributed by atoms with Gasteiger partial charge in [-0.1, -0.05) is 65.0 Å². The topological polar surface area (TPSA) is 141 Å². The van der Waals surface area contributed by atoms with Crippen molar-refractivity contribution in [3.63, 3.8) is 0 Å². The number of hydrazine groups is 1. The van der Waals surface area contributed by atoms with Gasteiger partial charge >= 0.3 is 4.87 Å². The molecule has 2 saturated carbocycles. The first-order valence-electron chi connectivity index (χ1n) is 14.5. The number of aromatic hydroxyl groups is 1. The van der Waals surface area contributed by atoms with E-state index in [-0.39, 0.29) is 73.0 Å². The third-order valence-corrected chi connectivity index (χ3v) is 12.6. The van der Waals surface area contributed by atoms with Crippen molar-refractivity contribution in [2.45, 2.75) is 75.0 Å². The van der Waals surface area contributed by atoms with Gasteiger partial charge in [-0.3, -0.25) is 19.8 Å². The van der Waals surface area contributed by atoms with Crippen LogP contribution < -0.4 is 10.3 Å². The average molecular weight is 676 g/mol. The smallest absolute Gasteiger partial charge is 0.305 e. The predicted octanol–water partition coefficient (Wildman–Crippen LogP) is 5.73. The van der Waals surface area contributed by atoms with E-state index in [1.165, 1.54) is 11.3 Å². The number of phenols is 1. The molecule has 7 atom stereocenters. The normalized spacial score (nSPS) is 29.2. The van der Waals surface area contributed by atoms with Gasteiger partial charge in [-0.15, -0.1) is 11.8 Å². The highest BCUT2D eigenvalue weighted by Crippen LogP contribution is 2.68. The summed E-state index contributed by atoms with van der Waals surface area (Å²) in [5, 5.41) is 13.0. The average Bonchev–Trinajstić information content (AvgIpc) is 3.63. The second-order valence-electron chi connectivity index (χ2n) is 14.2. The number of fused-ring (bicyclic) bond motifs is 9. The first-order chi connectivity index (χ1) is 20.5. The number of thiazole rings is 1. The monoisotopic (exact) mass is 674 g/mol. The number of benzene rings is 1. The highest BCUT2D eigenvalue weighted by atomic mass is 35.5. The molecule has 2 amide bonds. The number of rotatable bonds is 3. The Hall–Kier alpha value is -2.67. The third kappa shape index (κ3) is 4.50. The molecule has 1 saturated heterocycles. The summed E-state index contributed by atoms with van der Waals surface area (Å²) >= 11 is 14.7. The molecule has 2 aromatic heterocycles. The minimum Gasteiger partial charge on any atom is -0.507 e. The van der Waals surface area contributed by atoms with Crippen molar-refractivity contribution < 1.29 is 14.7 Å². The summed E-state index contributed by atoms with van der Waals surface area (Å²) in [5.74, 6) is -1.77. The Morgan fingerprint density at radius 1 is 0.932 bits per heavy atom. The van der Waals surface area contributed by atoms with Crippen LogP contribution in [0.25, 0.3) is 0 Å². The van der Waals surface area contributed by atoms with E-state index in [9.17, 15) is 19.5 Å². The van der Waals surface area contributed by atoms with Gasteiger partial charge < -0.3 is 10.1 Å². The zero-order chi connectivity index (χ0) is 31.6. The number of aromatic nitrogens is 4. The lowest BCUT2D eigenvalue weighted by atomic mass is 9.67. The molecule has 2 bridgehead atoms. The lowest BCUT2D eigenvalue weighted by Gasteiger charge is -2.43. The van der Waals surface area contributed by atoms with Crippen molar-refractivity contribution in [2.75, 3.05) is 5.43 Å². The first kappa shape index (κ1) is 30.0. The molecule has 232 valence electrons. The summed E-state index contributed by atoms with van der Waals surface area (Å²) in [5.41, 5.74) is 4.78. The SMILES string of the molecule is CC(C)(C)c1cc(C2c3sc(=O)[nH]c3SC3C4CC(C5C(=O)N(Nc6nc(Cl)nc(Cl)n6)C(=O)C45)C23)cc(C(C)(C)C)c1O. The van der Waals surface area contributed by atoms with Crippen molar-refractivity contribution >= 4 is 64.1 Å². The summed E-state index contributed by atoms with van der Waals surface area (Å²) < 4.78 is 0. The molecule has 2 aliphatic heterocycles. The van der Waals surface area contributed by atoms with Crippen LogP contribution in [-0.4, -0.2) is 47.1 Å². The quantitative estimate of drug-likeness (QED) is 0.297. The van der Waals surface area contributed by atoms with Crippen LogP contribution in [0.2, 0.25) is 10.6 Å². The number of amides is 2. The molecule has 10 nitrogen and oxygen atoms in total. The van der Waals surface area contributed by atoms with Crippen molar-refractivity contribution in [2.24, 2.45) is 29.6 Å². The van der Waals surface area contributed by atoms with Gasteiger partial charge in [0.25, 0.3) is 11.8 Å². The summed E-state index contributed by atoms with van der Waals surface area (Å²) in [4.78, 5) is 56.1. The molecule has 7 rings (SSSR count). The summed E-state index contributed by atoms with van der Waals surface area (Å²) in [6, 6.07) is 4.17. The standard InChI is InChI=1S/C30H32Cl2N6O4S2/c1-29(2,3)13-7-10(8-14(19(13)39)30(4,5)6)15-16-11-9-12(20(16)43-22-21(15)44-28(42)33-22)18-17(11)23(40)38(24(18)41)37-27-35-25(31)34-26(32)36-27/h7-8,11-12,15-18,20,39H,9H2,1-6H3,(H,33,42)(H,34,35,36,37). The number of imide groups is 1. The van der Waals surface area contributed by atoms with Gasteiger partial charge in [0.15, 0.2) is 0 Å². The predicted molar refractivity (Wildman–Crippen MR) is 169 cm³/mol. The van der Waals surface area contributed by atoms with E-state index in [1.807, 2.05) is 0 Å². The largest absolute Gasteiger partial charge is 0.507 e. The Bertz CT molecular complexity index is 1740. The van der Waals surface area contributed by atoms with E-state index in [1.54, 1.807) is 11.8 Å². The molecule has 44 heavy (non-hydrogen) atoms. The molecule has 3 N–H and O–H groups in total. The molecule has 0 spiro atoms. The van der Waals surface area contributed by atoms with Crippen LogP contribution in [0, 0.1) is 29.6 Å². The molecular weight excluding hydrogens is 643 g/mol. The van der Waals surface area contributed by atoms with Crippen LogP contribution >= 0.6 is 46.3 Å². The number of carbonyl (C=O) groups excluding carboxylic acids is 2. The van der Waals surface area contributed by atoms with Gasteiger partial charge in [0.2, 0.25) is 16.5 Å². The van der Waals surface area contributed by atoms with Gasteiger partial charge in [0, 0.05) is 16.0 Å². The zero-order valence-electron chi connectivity index (χ0n) is 24.9. The molecule has 4 aliphatic rings. The van der Waals surface area contributed by atoms with Gasteiger partial charge in [0.1, 0.15) is 5.75 Å². The number of nitrogens with zero attached hydrogens (tertiary/aromatic N) is 4. The van der Waals surface area contributed by atoms with E-state index < -0.39 is 11.8 Å². The number of hydrogen-bond acceptors (Lipinski definition) is 10. The Balaban J connectivity index is 1.33. The molecule has 1 aromatic carbocycles. The van der Waals surface area contributed by atoms with E-state index in [0.29, 0.717) is 5.75 Å². The fraction of sp³-hybridized carbons (Fsp3) is 0.533. The second-order valence-corrected chi connectivity index (χ2v) is 17.1.